The van der Waals surface area contributed by atoms with Crippen LogP contribution in [0.25, 0.3) is 0 Å². The summed E-state index contributed by atoms with van der Waals surface area (Å²) in [4.78, 5) is 25.5. The first-order valence-corrected chi connectivity index (χ1v) is 6.41. The fourth-order valence-electron chi connectivity index (χ4n) is 1.67. The van der Waals surface area contributed by atoms with Crippen LogP contribution in [0, 0.1) is 0 Å². The maximum atomic E-state index is 12.0. The number of alkyl halides is 3. The summed E-state index contributed by atoms with van der Waals surface area (Å²) in [5.74, 6) is -0.833. The summed E-state index contributed by atoms with van der Waals surface area (Å²) in [5.41, 5.74) is 0.0966. The Morgan fingerprint density at radius 1 is 1.17 bits per heavy atom. The number of amides is 1. The number of nitrogens with one attached hydrogen (secondary N) is 3. The number of carbonyl (C=O) groups excluding carboxylic acids is 1. The van der Waals surface area contributed by atoms with Gasteiger partial charge < -0.3 is 20.4 Å². The standard InChI is InChI=1S/C14H12F3N3O3/c15-14(16,17)23-10-5-3-9(4-6-10)19-8-12(21)20-11-2-1-7-18-13(11)22/h1-7,19H,8H2,(H,18,22)(H,20,21). The van der Waals surface area contributed by atoms with Crippen molar-refractivity contribution >= 4 is 17.3 Å². The van der Waals surface area contributed by atoms with Crippen LogP contribution in [-0.4, -0.2) is 23.8 Å². The lowest BCUT2D eigenvalue weighted by Gasteiger charge is -2.10. The molecule has 2 aromatic rings. The molecule has 3 N–H and O–H groups in total. The van der Waals surface area contributed by atoms with E-state index in [2.05, 4.69) is 20.4 Å². The van der Waals surface area contributed by atoms with Crippen molar-refractivity contribution in [3.63, 3.8) is 0 Å². The summed E-state index contributed by atoms with van der Waals surface area (Å²) in [6.07, 6.45) is -3.32. The Bertz CT molecular complexity index is 726. The van der Waals surface area contributed by atoms with Gasteiger partial charge in [0.1, 0.15) is 11.4 Å². The summed E-state index contributed by atoms with van der Waals surface area (Å²) in [6, 6.07) is 7.92. The van der Waals surface area contributed by atoms with Crippen LogP contribution >= 0.6 is 0 Å². The number of H-pyrrole nitrogens is 1. The van der Waals surface area contributed by atoms with E-state index in [-0.39, 0.29) is 18.0 Å². The predicted molar refractivity (Wildman–Crippen MR) is 77.3 cm³/mol. The van der Waals surface area contributed by atoms with Gasteiger partial charge in [0.2, 0.25) is 5.91 Å². The lowest BCUT2D eigenvalue weighted by atomic mass is 10.3. The highest BCUT2D eigenvalue weighted by Gasteiger charge is 2.30. The van der Waals surface area contributed by atoms with Gasteiger partial charge in [-0.2, -0.15) is 0 Å². The molecule has 1 heterocycles. The van der Waals surface area contributed by atoms with E-state index in [9.17, 15) is 22.8 Å². The molecule has 0 radical (unpaired) electrons. The molecule has 23 heavy (non-hydrogen) atoms. The average Bonchev–Trinajstić information content (AvgIpc) is 2.47. The minimum absolute atomic E-state index is 0.105. The Kier molecular flexibility index (Phi) is 4.89. The monoisotopic (exact) mass is 327 g/mol. The number of carbonyl (C=O) groups is 1. The molecule has 9 heteroatoms. The smallest absolute Gasteiger partial charge is 0.406 e. The average molecular weight is 327 g/mol. The van der Waals surface area contributed by atoms with Crippen molar-refractivity contribution in [1.29, 1.82) is 0 Å². The third kappa shape index (κ3) is 5.38. The van der Waals surface area contributed by atoms with Crippen LogP contribution in [0.1, 0.15) is 0 Å². The number of ether oxygens (including phenoxy) is 1. The van der Waals surface area contributed by atoms with Crippen molar-refractivity contribution in [2.24, 2.45) is 0 Å². The minimum atomic E-state index is -4.75. The Morgan fingerprint density at radius 2 is 1.87 bits per heavy atom. The van der Waals surface area contributed by atoms with Gasteiger partial charge in [-0.25, -0.2) is 0 Å². The zero-order valence-electron chi connectivity index (χ0n) is 11.6. The molecule has 0 spiro atoms. The van der Waals surface area contributed by atoms with Crippen molar-refractivity contribution in [2.45, 2.75) is 6.36 Å². The zero-order valence-corrected chi connectivity index (χ0v) is 11.6. The highest BCUT2D eigenvalue weighted by atomic mass is 19.4. The minimum Gasteiger partial charge on any atom is -0.406 e. The molecule has 0 aliphatic rings. The zero-order chi connectivity index (χ0) is 16.9. The Balaban J connectivity index is 1.87. The van der Waals surface area contributed by atoms with E-state index in [1.807, 2.05) is 0 Å². The van der Waals surface area contributed by atoms with Gasteiger partial charge in [0.05, 0.1) is 6.54 Å². The molecular formula is C14H12F3N3O3. The molecule has 0 unspecified atom stereocenters. The van der Waals surface area contributed by atoms with E-state index in [1.54, 1.807) is 6.07 Å². The van der Waals surface area contributed by atoms with Gasteiger partial charge in [0, 0.05) is 11.9 Å². The third-order valence-corrected chi connectivity index (χ3v) is 2.63. The molecule has 0 atom stereocenters. The van der Waals surface area contributed by atoms with E-state index in [4.69, 9.17) is 0 Å². The molecule has 2 rings (SSSR count). The number of aromatic nitrogens is 1. The van der Waals surface area contributed by atoms with Crippen molar-refractivity contribution in [2.75, 3.05) is 17.2 Å². The third-order valence-electron chi connectivity index (χ3n) is 2.63. The maximum absolute atomic E-state index is 12.0. The molecule has 0 saturated carbocycles. The number of aromatic amines is 1. The van der Waals surface area contributed by atoms with Gasteiger partial charge in [-0.1, -0.05) is 0 Å². The second-order valence-electron chi connectivity index (χ2n) is 4.39. The summed E-state index contributed by atoms with van der Waals surface area (Å²) >= 11 is 0. The van der Waals surface area contributed by atoms with Crippen LogP contribution in [0.4, 0.5) is 24.5 Å². The quantitative estimate of drug-likeness (QED) is 0.787. The fourth-order valence-corrected chi connectivity index (χ4v) is 1.67. The first-order valence-electron chi connectivity index (χ1n) is 6.41. The first-order chi connectivity index (χ1) is 10.8. The Labute approximate surface area is 128 Å². The van der Waals surface area contributed by atoms with Crippen molar-refractivity contribution < 1.29 is 22.7 Å². The van der Waals surface area contributed by atoms with Crippen LogP contribution in [0.2, 0.25) is 0 Å². The summed E-state index contributed by atoms with van der Waals surface area (Å²) in [6.45, 7) is -0.159. The largest absolute Gasteiger partial charge is 0.573 e. The summed E-state index contributed by atoms with van der Waals surface area (Å²) < 4.78 is 39.8. The van der Waals surface area contributed by atoms with E-state index < -0.39 is 17.8 Å². The molecule has 6 nitrogen and oxygen atoms in total. The van der Waals surface area contributed by atoms with Crippen molar-refractivity contribution in [3.05, 3.63) is 52.9 Å². The molecule has 0 aliphatic carbocycles. The highest BCUT2D eigenvalue weighted by molar-refractivity contribution is 5.93. The number of hydrogen-bond donors (Lipinski definition) is 3. The van der Waals surface area contributed by atoms with Crippen LogP contribution in [0.15, 0.2) is 47.4 Å². The van der Waals surface area contributed by atoms with E-state index in [0.717, 1.165) is 12.1 Å². The van der Waals surface area contributed by atoms with Crippen molar-refractivity contribution in [1.82, 2.24) is 4.98 Å². The lowest BCUT2D eigenvalue weighted by Crippen LogP contribution is -2.25. The van der Waals surface area contributed by atoms with E-state index in [0.29, 0.717) is 5.69 Å². The maximum Gasteiger partial charge on any atom is 0.573 e. The molecule has 1 aromatic carbocycles. The lowest BCUT2D eigenvalue weighted by molar-refractivity contribution is -0.274. The van der Waals surface area contributed by atoms with E-state index >= 15 is 0 Å². The first kappa shape index (κ1) is 16.4. The topological polar surface area (TPSA) is 83.2 Å². The molecule has 1 aromatic heterocycles. The molecule has 122 valence electrons. The van der Waals surface area contributed by atoms with Gasteiger partial charge >= 0.3 is 6.36 Å². The molecule has 0 aliphatic heterocycles. The normalized spacial score (nSPS) is 10.9. The SMILES string of the molecule is O=C(CNc1ccc(OC(F)(F)F)cc1)Nc1ccc[nH]c1=O. The molecular weight excluding hydrogens is 315 g/mol. The van der Waals surface area contributed by atoms with Crippen LogP contribution < -0.4 is 20.9 Å². The number of pyridine rings is 1. The molecule has 1 amide bonds. The van der Waals surface area contributed by atoms with Crippen LogP contribution in [0.5, 0.6) is 5.75 Å². The second-order valence-corrected chi connectivity index (χ2v) is 4.39. The van der Waals surface area contributed by atoms with Gasteiger partial charge in [0.25, 0.3) is 5.56 Å². The number of halogens is 3. The van der Waals surface area contributed by atoms with E-state index in [1.165, 1.54) is 24.4 Å². The van der Waals surface area contributed by atoms with Crippen LogP contribution in [-0.2, 0) is 4.79 Å². The Hall–Kier alpha value is -2.97. The number of anilines is 2. The van der Waals surface area contributed by atoms with Crippen molar-refractivity contribution in [3.8, 4) is 5.75 Å². The summed E-state index contributed by atoms with van der Waals surface area (Å²) in [7, 11) is 0. The van der Waals surface area contributed by atoms with Crippen LogP contribution in [0.3, 0.4) is 0 Å². The summed E-state index contributed by atoms with van der Waals surface area (Å²) in [5, 5.41) is 5.12. The predicted octanol–water partition coefficient (Wildman–Crippen LogP) is 2.32. The fraction of sp³-hybridized carbons (Fsp3) is 0.143. The molecule has 0 saturated heterocycles. The number of benzene rings is 1. The Morgan fingerprint density at radius 3 is 2.48 bits per heavy atom. The van der Waals surface area contributed by atoms with Gasteiger partial charge in [-0.05, 0) is 36.4 Å². The second kappa shape index (κ2) is 6.86. The molecule has 0 bridgehead atoms. The number of hydrogen-bond acceptors (Lipinski definition) is 4. The van der Waals surface area contributed by atoms with Gasteiger partial charge in [-0.15, -0.1) is 13.2 Å². The van der Waals surface area contributed by atoms with Gasteiger partial charge in [-0.3, -0.25) is 9.59 Å². The molecule has 0 fully saturated rings. The highest BCUT2D eigenvalue weighted by Crippen LogP contribution is 2.23. The number of rotatable bonds is 5. The van der Waals surface area contributed by atoms with Gasteiger partial charge in [0.15, 0.2) is 0 Å².